The molecule has 0 radical (unpaired) electrons. The Morgan fingerprint density at radius 2 is 1.67 bits per heavy atom. The van der Waals surface area contributed by atoms with Gasteiger partial charge in [-0.3, -0.25) is 14.5 Å². The Balaban J connectivity index is 1.38. The van der Waals surface area contributed by atoms with Crippen molar-refractivity contribution >= 4 is 11.8 Å². The lowest BCUT2D eigenvalue weighted by Gasteiger charge is -2.48. The monoisotopic (exact) mass is 331 g/mol. The summed E-state index contributed by atoms with van der Waals surface area (Å²) < 4.78 is 5.55. The van der Waals surface area contributed by atoms with Gasteiger partial charge >= 0.3 is 0 Å². The number of carbonyl (C=O) groups is 2. The lowest BCUT2D eigenvalue weighted by molar-refractivity contribution is -0.142. The molecule has 2 heterocycles. The summed E-state index contributed by atoms with van der Waals surface area (Å²) in [6, 6.07) is 8.13. The molecule has 3 rings (SSSR count). The van der Waals surface area contributed by atoms with Crippen molar-refractivity contribution in [3.63, 3.8) is 0 Å². The van der Waals surface area contributed by atoms with Gasteiger partial charge in [0.2, 0.25) is 5.91 Å². The highest BCUT2D eigenvalue weighted by Gasteiger charge is 2.36. The van der Waals surface area contributed by atoms with E-state index in [0.29, 0.717) is 6.04 Å². The second-order valence-corrected chi connectivity index (χ2v) is 6.60. The first kappa shape index (κ1) is 16.8. The van der Waals surface area contributed by atoms with Crippen molar-refractivity contribution in [1.29, 1.82) is 0 Å². The molecule has 0 bridgehead atoms. The fourth-order valence-electron chi connectivity index (χ4n) is 3.16. The van der Waals surface area contributed by atoms with Crippen LogP contribution in [-0.4, -0.2) is 78.4 Å². The van der Waals surface area contributed by atoms with Crippen LogP contribution in [0.5, 0.6) is 5.75 Å². The number of aryl methyl sites for hydroxylation is 1. The number of rotatable bonds is 4. The van der Waals surface area contributed by atoms with Crippen LogP contribution < -0.4 is 4.74 Å². The van der Waals surface area contributed by atoms with E-state index in [2.05, 4.69) is 4.90 Å². The highest BCUT2D eigenvalue weighted by atomic mass is 16.5. The van der Waals surface area contributed by atoms with Gasteiger partial charge in [-0.05, 0) is 19.1 Å². The molecule has 1 aromatic rings. The van der Waals surface area contributed by atoms with Gasteiger partial charge in [0.15, 0.2) is 6.61 Å². The summed E-state index contributed by atoms with van der Waals surface area (Å²) in [5.74, 6) is 0.911. The van der Waals surface area contributed by atoms with Crippen molar-refractivity contribution < 1.29 is 14.3 Å². The third kappa shape index (κ3) is 3.87. The Morgan fingerprint density at radius 3 is 2.25 bits per heavy atom. The zero-order valence-electron chi connectivity index (χ0n) is 14.4. The van der Waals surface area contributed by atoms with Crippen LogP contribution in [0.1, 0.15) is 12.5 Å². The Morgan fingerprint density at radius 1 is 1.04 bits per heavy atom. The van der Waals surface area contributed by atoms with E-state index >= 15 is 0 Å². The molecule has 0 aliphatic carbocycles. The first-order valence-electron chi connectivity index (χ1n) is 8.50. The van der Waals surface area contributed by atoms with Crippen LogP contribution in [0, 0.1) is 6.92 Å². The van der Waals surface area contributed by atoms with E-state index in [1.165, 1.54) is 5.56 Å². The number of nitrogens with zero attached hydrogens (tertiary/aromatic N) is 3. The zero-order chi connectivity index (χ0) is 17.1. The Hall–Kier alpha value is -2.08. The maximum Gasteiger partial charge on any atom is 0.260 e. The van der Waals surface area contributed by atoms with Gasteiger partial charge in [0, 0.05) is 52.2 Å². The number of benzene rings is 1. The molecule has 0 saturated carbocycles. The minimum absolute atomic E-state index is 0.0363. The number of carbonyl (C=O) groups excluding carboxylic acids is 2. The first-order valence-corrected chi connectivity index (χ1v) is 8.50. The predicted molar refractivity (Wildman–Crippen MR) is 90.9 cm³/mol. The molecule has 0 spiro atoms. The summed E-state index contributed by atoms with van der Waals surface area (Å²) in [5, 5.41) is 0. The van der Waals surface area contributed by atoms with E-state index in [1.807, 2.05) is 41.0 Å². The number of hydrogen-bond donors (Lipinski definition) is 0. The number of amides is 2. The van der Waals surface area contributed by atoms with Crippen molar-refractivity contribution in [1.82, 2.24) is 14.7 Å². The molecule has 2 amide bonds. The summed E-state index contributed by atoms with van der Waals surface area (Å²) in [7, 11) is 0. The summed E-state index contributed by atoms with van der Waals surface area (Å²) in [6.45, 7) is 8.62. The van der Waals surface area contributed by atoms with Crippen molar-refractivity contribution in [3.8, 4) is 5.75 Å². The molecule has 130 valence electrons. The normalized spacial score (nSPS) is 19.1. The second-order valence-electron chi connectivity index (χ2n) is 6.60. The van der Waals surface area contributed by atoms with Crippen molar-refractivity contribution in [3.05, 3.63) is 29.8 Å². The summed E-state index contributed by atoms with van der Waals surface area (Å²) in [4.78, 5) is 29.6. The van der Waals surface area contributed by atoms with Gasteiger partial charge in [0.05, 0.1) is 0 Å². The van der Waals surface area contributed by atoms with E-state index < -0.39 is 0 Å². The van der Waals surface area contributed by atoms with Gasteiger partial charge in [-0.15, -0.1) is 0 Å². The van der Waals surface area contributed by atoms with Gasteiger partial charge in [-0.1, -0.05) is 17.7 Å². The molecular formula is C18H25N3O3. The average Bonchev–Trinajstić information content (AvgIpc) is 2.53. The second kappa shape index (κ2) is 7.21. The molecule has 24 heavy (non-hydrogen) atoms. The number of likely N-dealkylation sites (tertiary alicyclic amines) is 1. The maximum absolute atomic E-state index is 12.2. The molecule has 2 fully saturated rings. The molecular weight excluding hydrogens is 306 g/mol. The SMILES string of the molecule is CC(=O)N1CCN(C2CN(C(=O)COc3ccc(C)cc3)C2)CC1. The molecule has 0 aromatic heterocycles. The van der Waals surface area contributed by atoms with Crippen LogP contribution in [0.3, 0.4) is 0 Å². The fourth-order valence-corrected chi connectivity index (χ4v) is 3.16. The topological polar surface area (TPSA) is 53.1 Å². The van der Waals surface area contributed by atoms with E-state index in [-0.39, 0.29) is 18.4 Å². The van der Waals surface area contributed by atoms with Crippen LogP contribution in [-0.2, 0) is 9.59 Å². The highest BCUT2D eigenvalue weighted by molar-refractivity contribution is 5.78. The standard InChI is InChI=1S/C18H25N3O3/c1-14-3-5-17(6-4-14)24-13-18(23)21-11-16(12-21)20-9-7-19(8-10-20)15(2)22/h3-6,16H,7-13H2,1-2H3. The summed E-state index contributed by atoms with van der Waals surface area (Å²) in [5.41, 5.74) is 1.17. The van der Waals surface area contributed by atoms with Gasteiger partial charge in [0.25, 0.3) is 5.91 Å². The van der Waals surface area contributed by atoms with Crippen molar-refractivity contribution in [2.75, 3.05) is 45.9 Å². The van der Waals surface area contributed by atoms with E-state index in [9.17, 15) is 9.59 Å². The van der Waals surface area contributed by atoms with E-state index in [0.717, 1.165) is 45.0 Å². The number of piperazine rings is 1. The van der Waals surface area contributed by atoms with E-state index in [1.54, 1.807) is 6.92 Å². The fraction of sp³-hybridized carbons (Fsp3) is 0.556. The predicted octanol–water partition coefficient (Wildman–Crippen LogP) is 0.749. The Kier molecular flexibility index (Phi) is 5.04. The smallest absolute Gasteiger partial charge is 0.260 e. The number of ether oxygens (including phenoxy) is 1. The largest absolute Gasteiger partial charge is 0.484 e. The Labute approximate surface area is 143 Å². The molecule has 2 aliphatic heterocycles. The van der Waals surface area contributed by atoms with Gasteiger partial charge in [-0.2, -0.15) is 0 Å². The molecule has 1 aromatic carbocycles. The van der Waals surface area contributed by atoms with E-state index in [4.69, 9.17) is 4.74 Å². The third-order valence-electron chi connectivity index (χ3n) is 4.87. The van der Waals surface area contributed by atoms with Gasteiger partial charge in [0.1, 0.15) is 5.75 Å². The number of hydrogen-bond acceptors (Lipinski definition) is 4. The lowest BCUT2D eigenvalue weighted by Crippen LogP contribution is -2.64. The first-order chi connectivity index (χ1) is 11.5. The van der Waals surface area contributed by atoms with Crippen molar-refractivity contribution in [2.24, 2.45) is 0 Å². The minimum atomic E-state index is 0.0363. The maximum atomic E-state index is 12.2. The van der Waals surface area contributed by atoms with Crippen LogP contribution in [0.25, 0.3) is 0 Å². The van der Waals surface area contributed by atoms with Gasteiger partial charge < -0.3 is 14.5 Å². The molecule has 6 heteroatoms. The van der Waals surface area contributed by atoms with Crippen LogP contribution in [0.2, 0.25) is 0 Å². The lowest BCUT2D eigenvalue weighted by atomic mass is 10.1. The molecule has 0 atom stereocenters. The summed E-state index contributed by atoms with van der Waals surface area (Å²) in [6.07, 6.45) is 0. The minimum Gasteiger partial charge on any atom is -0.484 e. The highest BCUT2D eigenvalue weighted by Crippen LogP contribution is 2.18. The molecule has 2 saturated heterocycles. The molecule has 2 aliphatic rings. The zero-order valence-corrected chi connectivity index (χ0v) is 14.4. The molecule has 0 unspecified atom stereocenters. The molecule has 0 N–H and O–H groups in total. The quantitative estimate of drug-likeness (QED) is 0.817. The molecule has 6 nitrogen and oxygen atoms in total. The van der Waals surface area contributed by atoms with Crippen LogP contribution in [0.4, 0.5) is 0 Å². The van der Waals surface area contributed by atoms with Crippen LogP contribution >= 0.6 is 0 Å². The van der Waals surface area contributed by atoms with Gasteiger partial charge in [-0.25, -0.2) is 0 Å². The van der Waals surface area contributed by atoms with Crippen molar-refractivity contribution in [2.45, 2.75) is 19.9 Å². The Bertz CT molecular complexity index is 588. The third-order valence-corrected chi connectivity index (χ3v) is 4.87. The van der Waals surface area contributed by atoms with Crippen LogP contribution in [0.15, 0.2) is 24.3 Å². The average molecular weight is 331 g/mol. The summed E-state index contributed by atoms with van der Waals surface area (Å²) >= 11 is 0.